The lowest BCUT2D eigenvalue weighted by Crippen LogP contribution is -2.25. The zero-order chi connectivity index (χ0) is 11.4. The van der Waals surface area contributed by atoms with Crippen molar-refractivity contribution in [1.82, 2.24) is 4.90 Å². The Morgan fingerprint density at radius 1 is 1.47 bits per heavy atom. The Kier molecular flexibility index (Phi) is 4.64. The topological polar surface area (TPSA) is 40.5 Å². The van der Waals surface area contributed by atoms with E-state index in [9.17, 15) is 4.79 Å². The van der Waals surface area contributed by atoms with E-state index in [-0.39, 0.29) is 5.92 Å². The van der Waals surface area contributed by atoms with E-state index in [2.05, 4.69) is 4.90 Å². The maximum atomic E-state index is 11.1. The molecule has 0 aromatic carbocycles. The zero-order valence-corrected chi connectivity index (χ0v) is 9.65. The number of hydrogen-bond acceptors (Lipinski definition) is 2. The summed E-state index contributed by atoms with van der Waals surface area (Å²) in [5.41, 5.74) is 0. The molecule has 0 saturated heterocycles. The van der Waals surface area contributed by atoms with Crippen LogP contribution in [0.4, 0.5) is 0 Å². The van der Waals surface area contributed by atoms with Crippen molar-refractivity contribution in [2.75, 3.05) is 14.1 Å². The van der Waals surface area contributed by atoms with Crippen molar-refractivity contribution in [2.24, 2.45) is 11.8 Å². The fourth-order valence-corrected chi connectivity index (χ4v) is 2.52. The normalized spacial score (nSPS) is 31.0. The Morgan fingerprint density at radius 2 is 2.13 bits per heavy atom. The van der Waals surface area contributed by atoms with E-state index in [0.29, 0.717) is 18.3 Å². The molecule has 3 nitrogen and oxygen atoms in total. The summed E-state index contributed by atoms with van der Waals surface area (Å²) in [5, 5.41) is 9.13. The highest BCUT2D eigenvalue weighted by Gasteiger charge is 2.38. The van der Waals surface area contributed by atoms with Gasteiger partial charge in [-0.05, 0) is 32.9 Å². The number of carboxylic acid groups (broad SMARTS) is 1. The third-order valence-electron chi connectivity index (χ3n) is 3.50. The Balaban J connectivity index is 2.55. The number of aliphatic carboxylic acids is 1. The second kappa shape index (κ2) is 5.54. The first-order chi connectivity index (χ1) is 7.06. The minimum absolute atomic E-state index is 0.163. The lowest BCUT2D eigenvalue weighted by atomic mass is 9.88. The molecule has 0 unspecified atom stereocenters. The van der Waals surface area contributed by atoms with Gasteiger partial charge >= 0.3 is 5.97 Å². The second-order valence-corrected chi connectivity index (χ2v) is 4.72. The first-order valence-electron chi connectivity index (χ1n) is 5.65. The molecule has 0 aromatic heterocycles. The van der Waals surface area contributed by atoms with Gasteiger partial charge in [0.25, 0.3) is 0 Å². The zero-order valence-electron chi connectivity index (χ0n) is 9.65. The number of hydrogen-bond donors (Lipinski definition) is 1. The molecule has 15 heavy (non-hydrogen) atoms. The molecule has 1 aliphatic rings. The summed E-state index contributed by atoms with van der Waals surface area (Å²) in [6.45, 7) is 0. The van der Waals surface area contributed by atoms with Gasteiger partial charge < -0.3 is 10.0 Å². The summed E-state index contributed by atoms with van der Waals surface area (Å²) >= 11 is 0. The quantitative estimate of drug-likeness (QED) is 0.695. The van der Waals surface area contributed by atoms with Gasteiger partial charge in [-0.25, -0.2) is 0 Å². The van der Waals surface area contributed by atoms with Crippen LogP contribution >= 0.6 is 0 Å². The van der Waals surface area contributed by atoms with E-state index in [0.717, 1.165) is 25.7 Å². The molecule has 0 heterocycles. The summed E-state index contributed by atoms with van der Waals surface area (Å²) in [6, 6.07) is 0.425. The van der Waals surface area contributed by atoms with Gasteiger partial charge in [0.05, 0.1) is 13.8 Å². The van der Waals surface area contributed by atoms with Gasteiger partial charge in [0.15, 0.2) is 0 Å². The molecule has 0 aromatic rings. The molecule has 1 rings (SSSR count). The largest absolute Gasteiger partial charge is 0.481 e. The predicted octanol–water partition coefficient (Wildman–Crippen LogP) is 1.39. The van der Waals surface area contributed by atoms with E-state index in [1.165, 1.54) is 0 Å². The highest BCUT2D eigenvalue weighted by atomic mass is 16.4. The fraction of sp³-hybridized carbons (Fsp3) is 0.909. The Labute approximate surface area is 93.3 Å². The molecule has 1 N–H and O–H groups in total. The molecule has 0 spiro atoms. The number of nitrogens with zero attached hydrogens (tertiary/aromatic N) is 1. The maximum Gasteiger partial charge on any atom is 0.306 e. The number of carboxylic acids is 1. The van der Waals surface area contributed by atoms with E-state index in [1.54, 1.807) is 0 Å². The number of carbonyl (C=O) groups is 1. The molecular formula is C11H20BNO2. The van der Waals surface area contributed by atoms with Crippen LogP contribution < -0.4 is 0 Å². The SMILES string of the molecule is [B]CCC[C@H]1C[C@H](N(C)C)C[C@H]1C(=O)O. The molecular weight excluding hydrogens is 189 g/mol. The van der Waals surface area contributed by atoms with Gasteiger partial charge in [0.1, 0.15) is 0 Å². The van der Waals surface area contributed by atoms with Gasteiger partial charge in [-0.3, -0.25) is 4.79 Å². The molecule has 0 bridgehead atoms. The summed E-state index contributed by atoms with van der Waals surface area (Å²) in [4.78, 5) is 13.2. The molecule has 1 aliphatic carbocycles. The Hall–Kier alpha value is -0.505. The molecule has 0 aliphatic heterocycles. The predicted molar refractivity (Wildman–Crippen MR) is 61.1 cm³/mol. The molecule has 1 fully saturated rings. The second-order valence-electron chi connectivity index (χ2n) is 4.72. The van der Waals surface area contributed by atoms with Gasteiger partial charge in [-0.1, -0.05) is 19.2 Å². The van der Waals surface area contributed by atoms with Crippen LogP contribution in [0.15, 0.2) is 0 Å². The third-order valence-corrected chi connectivity index (χ3v) is 3.50. The van der Waals surface area contributed by atoms with Crippen LogP contribution in [0, 0.1) is 11.8 Å². The summed E-state index contributed by atoms with van der Waals surface area (Å²) in [5.74, 6) is -0.483. The van der Waals surface area contributed by atoms with Crippen molar-refractivity contribution in [3.63, 3.8) is 0 Å². The number of rotatable bonds is 5. The monoisotopic (exact) mass is 209 g/mol. The van der Waals surface area contributed by atoms with Crippen molar-refractivity contribution in [1.29, 1.82) is 0 Å². The lowest BCUT2D eigenvalue weighted by molar-refractivity contribution is -0.143. The molecule has 1 saturated carbocycles. The van der Waals surface area contributed by atoms with E-state index >= 15 is 0 Å². The molecule has 0 amide bonds. The van der Waals surface area contributed by atoms with Crippen molar-refractivity contribution in [2.45, 2.75) is 38.0 Å². The van der Waals surface area contributed by atoms with Gasteiger partial charge in [0.2, 0.25) is 0 Å². The van der Waals surface area contributed by atoms with Crippen molar-refractivity contribution >= 4 is 13.8 Å². The molecule has 84 valence electrons. The van der Waals surface area contributed by atoms with Gasteiger partial charge in [-0.2, -0.15) is 0 Å². The fourth-order valence-electron chi connectivity index (χ4n) is 2.52. The Morgan fingerprint density at radius 3 is 2.60 bits per heavy atom. The minimum Gasteiger partial charge on any atom is -0.481 e. The van der Waals surface area contributed by atoms with Crippen LogP contribution in [0.25, 0.3) is 0 Å². The van der Waals surface area contributed by atoms with Gasteiger partial charge in [-0.15, -0.1) is 0 Å². The van der Waals surface area contributed by atoms with Crippen molar-refractivity contribution < 1.29 is 9.90 Å². The van der Waals surface area contributed by atoms with Crippen LogP contribution in [0.5, 0.6) is 0 Å². The highest BCUT2D eigenvalue weighted by molar-refractivity contribution is 6.08. The van der Waals surface area contributed by atoms with E-state index < -0.39 is 5.97 Å². The molecule has 4 heteroatoms. The van der Waals surface area contributed by atoms with Crippen molar-refractivity contribution in [3.8, 4) is 0 Å². The molecule has 2 radical (unpaired) electrons. The van der Waals surface area contributed by atoms with Crippen LogP contribution in [-0.2, 0) is 4.79 Å². The van der Waals surface area contributed by atoms with Crippen LogP contribution in [0.1, 0.15) is 25.7 Å². The Bertz CT molecular complexity index is 221. The minimum atomic E-state index is -0.638. The average Bonchev–Trinajstić information content (AvgIpc) is 2.58. The van der Waals surface area contributed by atoms with Crippen LogP contribution in [-0.4, -0.2) is 44.0 Å². The maximum absolute atomic E-state index is 11.1. The first kappa shape index (κ1) is 12.6. The van der Waals surface area contributed by atoms with Crippen LogP contribution in [0.3, 0.4) is 0 Å². The van der Waals surface area contributed by atoms with E-state index in [1.807, 2.05) is 14.1 Å². The molecule has 3 atom stereocenters. The summed E-state index contributed by atoms with van der Waals surface area (Å²) in [7, 11) is 9.51. The highest BCUT2D eigenvalue weighted by Crippen LogP contribution is 2.37. The van der Waals surface area contributed by atoms with Crippen LogP contribution in [0.2, 0.25) is 6.32 Å². The first-order valence-corrected chi connectivity index (χ1v) is 5.65. The lowest BCUT2D eigenvalue weighted by Gasteiger charge is -2.18. The summed E-state index contributed by atoms with van der Waals surface area (Å²) < 4.78 is 0. The van der Waals surface area contributed by atoms with Gasteiger partial charge in [0, 0.05) is 6.04 Å². The standard InChI is InChI=1S/C11H20BNO2/c1-13(2)9-6-8(4-3-5-12)10(7-9)11(14)15/h8-10H,3-7H2,1-2H3,(H,14,15)/t8-,9-,10+/m0/s1. The average molecular weight is 209 g/mol. The third kappa shape index (κ3) is 3.23. The summed E-state index contributed by atoms with van der Waals surface area (Å²) in [6.07, 6.45) is 4.35. The van der Waals surface area contributed by atoms with E-state index in [4.69, 9.17) is 13.0 Å². The smallest absolute Gasteiger partial charge is 0.306 e. The van der Waals surface area contributed by atoms with Crippen molar-refractivity contribution in [3.05, 3.63) is 0 Å².